The first-order valence-electron chi connectivity index (χ1n) is 8.53. The van der Waals surface area contributed by atoms with Crippen LogP contribution in [0.1, 0.15) is 11.6 Å². The number of carbonyl (C=O) groups is 2. The van der Waals surface area contributed by atoms with Gasteiger partial charge < -0.3 is 20.3 Å². The molecule has 3 rings (SSSR count). The van der Waals surface area contributed by atoms with Gasteiger partial charge in [0.1, 0.15) is 0 Å². The molecule has 8 heteroatoms. The first-order chi connectivity index (χ1) is 12.5. The van der Waals surface area contributed by atoms with Gasteiger partial charge in [-0.25, -0.2) is 9.59 Å². The van der Waals surface area contributed by atoms with E-state index in [4.69, 9.17) is 16.3 Å². The number of hydrogen-bond donors (Lipinski definition) is 2. The van der Waals surface area contributed by atoms with E-state index in [-0.39, 0.29) is 6.03 Å². The van der Waals surface area contributed by atoms with Crippen molar-refractivity contribution in [2.24, 2.45) is 0 Å². The van der Waals surface area contributed by atoms with Gasteiger partial charge in [0, 0.05) is 43.4 Å². The van der Waals surface area contributed by atoms with Crippen molar-refractivity contribution in [3.05, 3.63) is 46.1 Å². The van der Waals surface area contributed by atoms with E-state index >= 15 is 0 Å². The van der Waals surface area contributed by atoms with Crippen molar-refractivity contribution in [3.8, 4) is 0 Å². The molecule has 7 nitrogen and oxygen atoms in total. The van der Waals surface area contributed by atoms with E-state index in [1.807, 2.05) is 6.07 Å². The zero-order chi connectivity index (χ0) is 18.7. The Kier molecular flexibility index (Phi) is 5.80. The number of ether oxygens (including phenoxy) is 1. The highest BCUT2D eigenvalue weighted by Gasteiger charge is 2.34. The summed E-state index contributed by atoms with van der Waals surface area (Å²) in [4.78, 5) is 29.2. The number of nitrogens with zero attached hydrogens (tertiary/aromatic N) is 2. The van der Waals surface area contributed by atoms with E-state index < -0.39 is 12.0 Å². The van der Waals surface area contributed by atoms with Crippen molar-refractivity contribution in [2.45, 2.75) is 6.04 Å². The van der Waals surface area contributed by atoms with Gasteiger partial charge in [0.25, 0.3) is 0 Å². The average molecular weight is 379 g/mol. The summed E-state index contributed by atoms with van der Waals surface area (Å²) >= 11 is 6.09. The lowest BCUT2D eigenvalue weighted by molar-refractivity contribution is -0.136. The van der Waals surface area contributed by atoms with Gasteiger partial charge in [-0.05, 0) is 24.7 Å². The maximum Gasteiger partial charge on any atom is 0.338 e. The van der Waals surface area contributed by atoms with Crippen LogP contribution in [0, 0.1) is 0 Å². The summed E-state index contributed by atoms with van der Waals surface area (Å²) in [5, 5.41) is 6.14. The summed E-state index contributed by atoms with van der Waals surface area (Å²) < 4.78 is 5.00. The largest absolute Gasteiger partial charge is 0.466 e. The third kappa shape index (κ3) is 4.17. The van der Waals surface area contributed by atoms with E-state index in [1.54, 1.807) is 18.2 Å². The minimum Gasteiger partial charge on any atom is -0.466 e. The van der Waals surface area contributed by atoms with Crippen molar-refractivity contribution in [2.75, 3.05) is 46.9 Å². The first kappa shape index (κ1) is 18.7. The molecule has 0 unspecified atom stereocenters. The minimum absolute atomic E-state index is 0.341. The number of likely N-dealkylation sites (N-methyl/N-ethyl adjacent to an activating group) is 1. The molecule has 0 spiro atoms. The van der Waals surface area contributed by atoms with Crippen molar-refractivity contribution in [1.82, 2.24) is 20.4 Å². The smallest absolute Gasteiger partial charge is 0.338 e. The predicted molar refractivity (Wildman–Crippen MR) is 98.8 cm³/mol. The molecule has 0 aliphatic carbocycles. The summed E-state index contributed by atoms with van der Waals surface area (Å²) in [5.74, 6) is -0.466. The molecule has 0 aromatic heterocycles. The highest BCUT2D eigenvalue weighted by atomic mass is 35.5. The van der Waals surface area contributed by atoms with Gasteiger partial charge in [-0.1, -0.05) is 23.7 Å². The predicted octanol–water partition coefficient (Wildman–Crippen LogP) is 1.37. The first-order valence-corrected chi connectivity index (χ1v) is 8.91. The number of piperazine rings is 1. The average Bonchev–Trinajstić information content (AvgIpc) is 2.62. The van der Waals surface area contributed by atoms with Crippen LogP contribution in [0.2, 0.25) is 5.02 Å². The van der Waals surface area contributed by atoms with E-state index in [0.29, 0.717) is 22.8 Å². The van der Waals surface area contributed by atoms with Crippen LogP contribution >= 0.6 is 11.6 Å². The van der Waals surface area contributed by atoms with Crippen LogP contribution < -0.4 is 10.6 Å². The van der Waals surface area contributed by atoms with Gasteiger partial charge >= 0.3 is 12.0 Å². The molecule has 1 saturated heterocycles. The van der Waals surface area contributed by atoms with E-state index in [2.05, 4.69) is 27.5 Å². The third-order valence-electron chi connectivity index (χ3n) is 4.72. The Bertz CT molecular complexity index is 729. The number of carbonyl (C=O) groups excluding carboxylic acids is 2. The quantitative estimate of drug-likeness (QED) is 0.774. The monoisotopic (exact) mass is 378 g/mol. The standard InChI is InChI=1S/C18H23ClN4O3/c1-22-6-8-23(9-7-22)11-14-15(17(24)26-2)16(21-18(25)20-14)12-4-3-5-13(19)10-12/h3-5,10,16H,6-9,11H2,1-2H3,(H2,20,21,25)/t16-/m1/s1. The molecule has 26 heavy (non-hydrogen) atoms. The summed E-state index contributed by atoms with van der Waals surface area (Å²) in [7, 11) is 3.42. The molecule has 140 valence electrons. The van der Waals surface area contributed by atoms with Crippen molar-refractivity contribution in [1.29, 1.82) is 0 Å². The Morgan fingerprint density at radius 2 is 2.04 bits per heavy atom. The molecule has 1 aromatic carbocycles. The van der Waals surface area contributed by atoms with Gasteiger partial charge in [0.2, 0.25) is 0 Å². The second-order valence-electron chi connectivity index (χ2n) is 6.55. The molecule has 2 aliphatic rings. The number of esters is 1. The second kappa shape index (κ2) is 8.07. The Balaban J connectivity index is 1.95. The number of amides is 2. The fourth-order valence-corrected chi connectivity index (χ4v) is 3.46. The number of benzene rings is 1. The van der Waals surface area contributed by atoms with E-state index in [1.165, 1.54) is 7.11 Å². The summed E-state index contributed by atoms with van der Waals surface area (Å²) in [6, 6.07) is 6.18. The summed E-state index contributed by atoms with van der Waals surface area (Å²) in [6.07, 6.45) is 0. The SMILES string of the molecule is COC(=O)C1=C(CN2CCN(C)CC2)NC(=O)N[C@@H]1c1cccc(Cl)c1. The lowest BCUT2D eigenvalue weighted by atomic mass is 9.95. The molecular weight excluding hydrogens is 356 g/mol. The highest BCUT2D eigenvalue weighted by molar-refractivity contribution is 6.30. The molecule has 2 N–H and O–H groups in total. The molecule has 1 aromatic rings. The molecule has 2 aliphatic heterocycles. The van der Waals surface area contributed by atoms with Crippen LogP contribution in [0.25, 0.3) is 0 Å². The fourth-order valence-electron chi connectivity index (χ4n) is 3.26. The van der Waals surface area contributed by atoms with Gasteiger partial charge in [0.05, 0.1) is 18.7 Å². The zero-order valence-electron chi connectivity index (χ0n) is 14.9. The number of nitrogens with one attached hydrogen (secondary N) is 2. The van der Waals surface area contributed by atoms with Crippen LogP contribution in [0.3, 0.4) is 0 Å². The van der Waals surface area contributed by atoms with Crippen LogP contribution in [0.4, 0.5) is 4.79 Å². The van der Waals surface area contributed by atoms with Crippen molar-refractivity contribution >= 4 is 23.6 Å². The Hall–Kier alpha value is -2.09. The summed E-state index contributed by atoms with van der Waals surface area (Å²) in [6.45, 7) is 4.14. The third-order valence-corrected chi connectivity index (χ3v) is 4.95. The maximum absolute atomic E-state index is 12.5. The second-order valence-corrected chi connectivity index (χ2v) is 6.99. The number of urea groups is 1. The van der Waals surface area contributed by atoms with E-state index in [0.717, 1.165) is 31.7 Å². The normalized spacial score (nSPS) is 22.0. The van der Waals surface area contributed by atoms with Crippen molar-refractivity contribution < 1.29 is 14.3 Å². The summed E-state index contributed by atoms with van der Waals surface area (Å²) in [5.41, 5.74) is 1.73. The molecule has 2 heterocycles. The van der Waals surface area contributed by atoms with Crippen LogP contribution in [0.5, 0.6) is 0 Å². The van der Waals surface area contributed by atoms with Gasteiger partial charge in [-0.2, -0.15) is 0 Å². The lowest BCUT2D eigenvalue weighted by Crippen LogP contribution is -2.51. The Morgan fingerprint density at radius 1 is 1.31 bits per heavy atom. The maximum atomic E-state index is 12.5. The lowest BCUT2D eigenvalue weighted by Gasteiger charge is -2.35. The molecule has 1 fully saturated rings. The van der Waals surface area contributed by atoms with Crippen LogP contribution in [-0.4, -0.2) is 68.7 Å². The Morgan fingerprint density at radius 3 is 2.69 bits per heavy atom. The van der Waals surface area contributed by atoms with Gasteiger partial charge in [-0.3, -0.25) is 4.90 Å². The fraction of sp³-hybridized carbons (Fsp3) is 0.444. The number of rotatable bonds is 4. The number of halogens is 1. The molecule has 0 bridgehead atoms. The molecule has 2 amide bonds. The number of methoxy groups -OCH3 is 1. The van der Waals surface area contributed by atoms with Crippen molar-refractivity contribution in [3.63, 3.8) is 0 Å². The van der Waals surface area contributed by atoms with Gasteiger partial charge in [0.15, 0.2) is 0 Å². The highest BCUT2D eigenvalue weighted by Crippen LogP contribution is 2.29. The zero-order valence-corrected chi connectivity index (χ0v) is 15.7. The topological polar surface area (TPSA) is 73.9 Å². The van der Waals surface area contributed by atoms with E-state index in [9.17, 15) is 9.59 Å². The minimum atomic E-state index is -0.600. The van der Waals surface area contributed by atoms with Crippen LogP contribution in [0.15, 0.2) is 35.5 Å². The molecule has 1 atom stereocenters. The molecule has 0 radical (unpaired) electrons. The molecule has 0 saturated carbocycles. The Labute approximate surface area is 157 Å². The number of hydrogen-bond acceptors (Lipinski definition) is 5. The van der Waals surface area contributed by atoms with Gasteiger partial charge in [-0.15, -0.1) is 0 Å². The molecular formula is C18H23ClN4O3. The van der Waals surface area contributed by atoms with Crippen LogP contribution in [-0.2, 0) is 9.53 Å².